The standard InChI is InChI=1S/C30H33N3O3S/c1-21(31-15-25-6-5-13-34-25)26-19-37-29(32-26)18-33(16-22-7-10-24(11-8-22)30(2,3)4)17-23-9-12-27-28(14-23)36-20-35-27/h5-14,19,31H,1,15-18,20H2,2-4H3. The number of nitrogens with zero attached hydrogens (tertiary/aromatic N) is 2. The maximum atomic E-state index is 5.61. The molecule has 6 nitrogen and oxygen atoms in total. The summed E-state index contributed by atoms with van der Waals surface area (Å²) in [6.45, 7) is 14.1. The number of rotatable bonds is 10. The number of benzene rings is 2. The molecule has 0 unspecified atom stereocenters. The number of furan rings is 1. The molecule has 0 atom stereocenters. The fourth-order valence-corrected chi connectivity index (χ4v) is 5.10. The minimum Gasteiger partial charge on any atom is -0.467 e. The van der Waals surface area contributed by atoms with Crippen molar-refractivity contribution in [3.8, 4) is 11.5 Å². The van der Waals surface area contributed by atoms with Crippen LogP contribution in [-0.2, 0) is 31.6 Å². The summed E-state index contributed by atoms with van der Waals surface area (Å²) in [6.07, 6.45) is 1.67. The first-order chi connectivity index (χ1) is 17.8. The summed E-state index contributed by atoms with van der Waals surface area (Å²) in [6, 6.07) is 18.9. The molecule has 2 aromatic carbocycles. The summed E-state index contributed by atoms with van der Waals surface area (Å²) in [5, 5.41) is 6.41. The highest BCUT2D eigenvalue weighted by molar-refractivity contribution is 7.09. The minimum absolute atomic E-state index is 0.134. The third-order valence-electron chi connectivity index (χ3n) is 6.35. The van der Waals surface area contributed by atoms with Gasteiger partial charge in [-0.1, -0.05) is 57.7 Å². The summed E-state index contributed by atoms with van der Waals surface area (Å²) in [4.78, 5) is 7.28. The molecule has 4 aromatic rings. The van der Waals surface area contributed by atoms with Crippen molar-refractivity contribution in [1.82, 2.24) is 15.2 Å². The van der Waals surface area contributed by atoms with Crippen LogP contribution in [0.5, 0.6) is 11.5 Å². The van der Waals surface area contributed by atoms with Crippen LogP contribution >= 0.6 is 11.3 Å². The lowest BCUT2D eigenvalue weighted by Gasteiger charge is -2.23. The van der Waals surface area contributed by atoms with Crippen LogP contribution in [0, 0.1) is 0 Å². The highest BCUT2D eigenvalue weighted by Gasteiger charge is 2.18. The molecule has 0 bridgehead atoms. The quantitative estimate of drug-likeness (QED) is 0.253. The molecule has 192 valence electrons. The van der Waals surface area contributed by atoms with Gasteiger partial charge < -0.3 is 19.2 Å². The first-order valence-corrected chi connectivity index (χ1v) is 13.3. The second kappa shape index (κ2) is 10.8. The first kappa shape index (κ1) is 25.1. The van der Waals surface area contributed by atoms with E-state index in [-0.39, 0.29) is 12.2 Å². The van der Waals surface area contributed by atoms with E-state index in [2.05, 4.69) is 79.3 Å². The Morgan fingerprint density at radius 3 is 2.51 bits per heavy atom. The molecule has 37 heavy (non-hydrogen) atoms. The van der Waals surface area contributed by atoms with Gasteiger partial charge in [0, 0.05) is 18.5 Å². The van der Waals surface area contributed by atoms with Gasteiger partial charge in [-0.05, 0) is 46.4 Å². The van der Waals surface area contributed by atoms with Gasteiger partial charge in [-0.15, -0.1) is 11.3 Å². The molecule has 0 saturated carbocycles. The molecule has 0 spiro atoms. The highest BCUT2D eigenvalue weighted by atomic mass is 32.1. The normalized spacial score (nSPS) is 12.8. The zero-order chi connectivity index (χ0) is 25.8. The number of hydrogen-bond acceptors (Lipinski definition) is 7. The molecule has 3 heterocycles. The van der Waals surface area contributed by atoms with Gasteiger partial charge in [-0.2, -0.15) is 0 Å². The molecule has 5 rings (SSSR count). The van der Waals surface area contributed by atoms with Crippen molar-refractivity contribution in [3.63, 3.8) is 0 Å². The summed E-state index contributed by atoms with van der Waals surface area (Å²) in [5.74, 6) is 2.48. The Bertz CT molecular complexity index is 1340. The van der Waals surface area contributed by atoms with Crippen LogP contribution in [0.25, 0.3) is 5.70 Å². The third kappa shape index (κ3) is 6.42. The van der Waals surface area contributed by atoms with Crippen LogP contribution in [0.1, 0.15) is 53.9 Å². The smallest absolute Gasteiger partial charge is 0.231 e. The van der Waals surface area contributed by atoms with Crippen LogP contribution in [0.2, 0.25) is 0 Å². The predicted octanol–water partition coefficient (Wildman–Crippen LogP) is 6.73. The molecule has 0 radical (unpaired) electrons. The monoisotopic (exact) mass is 515 g/mol. The van der Waals surface area contributed by atoms with Gasteiger partial charge >= 0.3 is 0 Å². The minimum atomic E-state index is 0.134. The van der Waals surface area contributed by atoms with Crippen molar-refractivity contribution in [2.45, 2.75) is 52.4 Å². The molecule has 1 aliphatic rings. The second-order valence-corrected chi connectivity index (χ2v) is 11.3. The molecule has 1 aliphatic heterocycles. The van der Waals surface area contributed by atoms with Crippen molar-refractivity contribution in [2.75, 3.05) is 6.79 Å². The van der Waals surface area contributed by atoms with Crippen molar-refractivity contribution in [1.29, 1.82) is 0 Å². The Morgan fingerprint density at radius 1 is 1.00 bits per heavy atom. The van der Waals surface area contributed by atoms with Gasteiger partial charge in [0.25, 0.3) is 0 Å². The van der Waals surface area contributed by atoms with Gasteiger partial charge in [0.1, 0.15) is 10.8 Å². The molecule has 0 aliphatic carbocycles. The van der Waals surface area contributed by atoms with Gasteiger partial charge in [-0.3, -0.25) is 4.90 Å². The lowest BCUT2D eigenvalue weighted by atomic mass is 9.87. The molecule has 1 N–H and O–H groups in total. The number of nitrogens with one attached hydrogen (secondary N) is 1. The number of hydrogen-bond donors (Lipinski definition) is 1. The average Bonchev–Trinajstić information content (AvgIpc) is 3.64. The molecule has 0 fully saturated rings. The Balaban J connectivity index is 1.30. The summed E-state index contributed by atoms with van der Waals surface area (Å²) < 4.78 is 16.5. The highest BCUT2D eigenvalue weighted by Crippen LogP contribution is 2.33. The number of thiazole rings is 1. The predicted molar refractivity (Wildman–Crippen MR) is 147 cm³/mol. The molecular weight excluding hydrogens is 482 g/mol. The van der Waals surface area contributed by atoms with E-state index >= 15 is 0 Å². The van der Waals surface area contributed by atoms with Crippen molar-refractivity contribution in [3.05, 3.63) is 106 Å². The number of ether oxygens (including phenoxy) is 2. The van der Waals surface area contributed by atoms with Gasteiger partial charge in [0.2, 0.25) is 6.79 Å². The van der Waals surface area contributed by atoms with Crippen LogP contribution in [-0.4, -0.2) is 16.7 Å². The zero-order valence-corrected chi connectivity index (χ0v) is 22.4. The van der Waals surface area contributed by atoms with Crippen molar-refractivity contribution in [2.24, 2.45) is 0 Å². The van der Waals surface area contributed by atoms with Crippen LogP contribution in [0.3, 0.4) is 0 Å². The van der Waals surface area contributed by atoms with E-state index in [9.17, 15) is 0 Å². The molecule has 0 saturated heterocycles. The Kier molecular flexibility index (Phi) is 7.35. The van der Waals surface area contributed by atoms with E-state index in [4.69, 9.17) is 18.9 Å². The Hall–Kier alpha value is -3.55. The zero-order valence-electron chi connectivity index (χ0n) is 21.6. The maximum Gasteiger partial charge on any atom is 0.231 e. The van der Waals surface area contributed by atoms with Crippen LogP contribution in [0.15, 0.2) is 77.2 Å². The molecular formula is C30H33N3O3S. The fraction of sp³-hybridized carbons (Fsp3) is 0.300. The van der Waals surface area contributed by atoms with E-state index in [1.54, 1.807) is 17.6 Å². The van der Waals surface area contributed by atoms with Gasteiger partial charge in [-0.25, -0.2) is 4.98 Å². The second-order valence-electron chi connectivity index (χ2n) is 10.3. The Morgan fingerprint density at radius 2 is 1.76 bits per heavy atom. The van der Waals surface area contributed by atoms with Gasteiger partial charge in [0.15, 0.2) is 11.5 Å². The van der Waals surface area contributed by atoms with E-state index in [0.717, 1.165) is 53.3 Å². The van der Waals surface area contributed by atoms with E-state index in [1.165, 1.54) is 16.7 Å². The van der Waals surface area contributed by atoms with E-state index in [1.807, 2.05) is 18.2 Å². The molecule has 7 heteroatoms. The van der Waals surface area contributed by atoms with E-state index < -0.39 is 0 Å². The lowest BCUT2D eigenvalue weighted by molar-refractivity contribution is 0.174. The molecule has 2 aromatic heterocycles. The number of aromatic nitrogens is 1. The SMILES string of the molecule is C=C(NCc1ccco1)c1csc(CN(Cc2ccc(C(C)(C)C)cc2)Cc2ccc3c(c2)OCO3)n1. The summed E-state index contributed by atoms with van der Waals surface area (Å²) in [5.41, 5.74) is 5.58. The third-order valence-corrected chi connectivity index (χ3v) is 7.18. The molecule has 0 amide bonds. The fourth-order valence-electron chi connectivity index (χ4n) is 4.24. The van der Waals surface area contributed by atoms with Gasteiger partial charge in [0.05, 0.1) is 30.7 Å². The Labute approximate surface area is 222 Å². The lowest BCUT2D eigenvalue weighted by Crippen LogP contribution is -2.22. The maximum absolute atomic E-state index is 5.61. The summed E-state index contributed by atoms with van der Waals surface area (Å²) >= 11 is 1.65. The number of fused-ring (bicyclic) bond motifs is 1. The average molecular weight is 516 g/mol. The first-order valence-electron chi connectivity index (χ1n) is 12.4. The van der Waals surface area contributed by atoms with Crippen LogP contribution < -0.4 is 14.8 Å². The topological polar surface area (TPSA) is 59.8 Å². The largest absolute Gasteiger partial charge is 0.467 e. The summed E-state index contributed by atoms with van der Waals surface area (Å²) in [7, 11) is 0. The van der Waals surface area contributed by atoms with Crippen LogP contribution in [0.4, 0.5) is 0 Å². The van der Waals surface area contributed by atoms with Crippen molar-refractivity contribution < 1.29 is 13.9 Å². The van der Waals surface area contributed by atoms with Crippen molar-refractivity contribution >= 4 is 17.0 Å². The van der Waals surface area contributed by atoms with E-state index in [0.29, 0.717) is 6.54 Å².